The van der Waals surface area contributed by atoms with Gasteiger partial charge in [0.15, 0.2) is 6.29 Å². The van der Waals surface area contributed by atoms with Crippen molar-refractivity contribution < 1.29 is 15.0 Å². The number of phenolic OH excluding ortho intramolecular Hbond substituents is 1. The molecule has 3 rings (SSSR count). The van der Waals surface area contributed by atoms with Gasteiger partial charge in [-0.1, -0.05) is 53.5 Å². The average molecular weight is 346 g/mol. The van der Waals surface area contributed by atoms with Crippen LogP contribution in [0.25, 0.3) is 10.8 Å². The average Bonchev–Trinajstić information content (AvgIpc) is 2.55. The van der Waals surface area contributed by atoms with Crippen LogP contribution in [0, 0.1) is 0 Å². The van der Waals surface area contributed by atoms with Gasteiger partial charge in [-0.05, 0) is 23.1 Å². The van der Waals surface area contributed by atoms with Crippen molar-refractivity contribution in [2.45, 2.75) is 6.42 Å². The molecule has 0 atom stereocenters. The van der Waals surface area contributed by atoms with E-state index in [1.807, 2.05) is 30.3 Å². The Kier molecular flexibility index (Phi) is 4.16. The molecule has 0 unspecified atom stereocenters. The third-order valence-corrected chi connectivity index (χ3v) is 4.34. The molecule has 0 amide bonds. The second kappa shape index (κ2) is 6.11. The number of carbonyl (C=O) groups is 1. The molecule has 115 valence electrons. The minimum Gasteiger partial charge on any atom is -0.507 e. The Morgan fingerprint density at radius 3 is 2.57 bits per heavy atom. The summed E-state index contributed by atoms with van der Waals surface area (Å²) in [5.74, 6) is -0.790. The van der Waals surface area contributed by atoms with Gasteiger partial charge in [0, 0.05) is 22.4 Å². The van der Waals surface area contributed by atoms with E-state index in [2.05, 4.69) is 0 Å². The van der Waals surface area contributed by atoms with Crippen molar-refractivity contribution in [2.75, 3.05) is 0 Å². The first-order valence-electron chi connectivity index (χ1n) is 6.85. The lowest BCUT2D eigenvalue weighted by Crippen LogP contribution is -1.94. The number of benzene rings is 3. The van der Waals surface area contributed by atoms with Crippen LogP contribution in [0.5, 0.6) is 11.5 Å². The van der Waals surface area contributed by atoms with Crippen LogP contribution >= 0.6 is 23.2 Å². The zero-order chi connectivity index (χ0) is 16.6. The summed E-state index contributed by atoms with van der Waals surface area (Å²) in [4.78, 5) is 11.0. The molecule has 3 aromatic rings. The number of rotatable bonds is 3. The van der Waals surface area contributed by atoms with Crippen molar-refractivity contribution >= 4 is 40.3 Å². The maximum absolute atomic E-state index is 12.2. The van der Waals surface area contributed by atoms with E-state index < -0.39 is 5.75 Å². The fourth-order valence-electron chi connectivity index (χ4n) is 2.56. The molecule has 23 heavy (non-hydrogen) atoms. The Morgan fingerprint density at radius 1 is 1.04 bits per heavy atom. The predicted molar refractivity (Wildman–Crippen MR) is 90.4 cm³/mol. The Balaban J connectivity index is 2.09. The summed E-state index contributed by atoms with van der Waals surface area (Å²) in [5, 5.41) is 24.7. The van der Waals surface area contributed by atoms with Crippen LogP contribution in [0.15, 0.2) is 42.5 Å². The quantitative estimate of drug-likeness (QED) is 0.646. The molecule has 0 saturated heterocycles. The van der Waals surface area contributed by atoms with Crippen LogP contribution in [0.3, 0.4) is 0 Å². The Morgan fingerprint density at radius 2 is 1.83 bits per heavy atom. The van der Waals surface area contributed by atoms with Crippen LogP contribution < -0.4 is 0 Å². The summed E-state index contributed by atoms with van der Waals surface area (Å²) in [6.45, 7) is 0. The molecule has 0 aliphatic heterocycles. The summed E-state index contributed by atoms with van der Waals surface area (Å²) in [7, 11) is 0. The summed E-state index contributed by atoms with van der Waals surface area (Å²) < 4.78 is 0. The number of phenols is 1. The minimum atomic E-state index is -0.471. The smallest absolute Gasteiger partial charge is 0.204 e. The summed E-state index contributed by atoms with van der Waals surface area (Å²) in [5.41, 5.74) is 0.931. The zero-order valence-electron chi connectivity index (χ0n) is 11.8. The maximum Gasteiger partial charge on any atom is 0.204 e. The van der Waals surface area contributed by atoms with Crippen molar-refractivity contribution in [1.29, 1.82) is 0 Å². The Hall–Kier alpha value is -2.23. The minimum absolute atomic E-state index is 0.00781. The Labute approximate surface area is 142 Å². The number of carbonyl (C=O) groups excluding carboxylic acids is 1. The first kappa shape index (κ1) is 15.7. The monoisotopic (exact) mass is 345 g/mol. The highest BCUT2D eigenvalue weighted by atomic mass is 35.5. The molecular weight excluding hydrogens is 335 g/mol. The van der Waals surface area contributed by atoms with Gasteiger partial charge in [-0.2, -0.15) is 0 Å². The molecule has 5 heteroatoms. The summed E-state index contributed by atoms with van der Waals surface area (Å²) in [6.07, 6.45) is 0.652. The van der Waals surface area contributed by atoms with E-state index >= 15 is 0 Å². The van der Waals surface area contributed by atoms with Gasteiger partial charge in [0.1, 0.15) is 5.75 Å². The van der Waals surface area contributed by atoms with E-state index in [0.29, 0.717) is 11.3 Å². The van der Waals surface area contributed by atoms with Crippen LogP contribution in [0.1, 0.15) is 21.5 Å². The molecule has 0 aromatic heterocycles. The predicted octanol–water partition coefficient (Wildman–Crippen LogP) is 5.40. The van der Waals surface area contributed by atoms with Crippen LogP contribution in [-0.4, -0.2) is 11.4 Å². The van der Waals surface area contributed by atoms with E-state index in [1.165, 1.54) is 6.07 Å². The number of fused-ring (bicyclic) bond motifs is 1. The molecule has 0 aliphatic rings. The van der Waals surface area contributed by atoms with Crippen LogP contribution in [0.4, 0.5) is 0 Å². The van der Waals surface area contributed by atoms with E-state index in [1.54, 1.807) is 6.07 Å². The topological polar surface area (TPSA) is 57.2 Å². The fourth-order valence-corrected chi connectivity index (χ4v) is 3.03. The molecule has 1 N–H and O–H groups in total. The Bertz CT molecular complexity index is 920. The molecule has 0 heterocycles. The second-order valence-electron chi connectivity index (χ2n) is 5.19. The van der Waals surface area contributed by atoms with Gasteiger partial charge in [-0.15, -0.1) is 0 Å². The molecule has 0 fully saturated rings. The number of hydrogen-bond donors (Lipinski definition) is 1. The van der Waals surface area contributed by atoms with E-state index in [9.17, 15) is 15.0 Å². The lowest BCUT2D eigenvalue weighted by Gasteiger charge is -2.10. The van der Waals surface area contributed by atoms with Gasteiger partial charge in [-0.25, -0.2) is 0 Å². The largest absolute Gasteiger partial charge is 0.507 e. The molecule has 3 nitrogen and oxygen atoms in total. The third kappa shape index (κ3) is 2.85. The molecule has 3 aromatic carbocycles. The lowest BCUT2D eigenvalue weighted by atomic mass is 9.98. The summed E-state index contributed by atoms with van der Waals surface area (Å²) >= 11 is 12.0. The van der Waals surface area contributed by atoms with Gasteiger partial charge in [0.05, 0.1) is 10.6 Å². The SMILES string of the molecule is [O]c1c(Cl)cc(C=O)c(O)c1Cc1ccc2c(Cl)cccc2c1. The van der Waals surface area contributed by atoms with E-state index in [4.69, 9.17) is 23.2 Å². The molecule has 1 radical (unpaired) electrons. The van der Waals surface area contributed by atoms with Crippen LogP contribution in [0.2, 0.25) is 10.0 Å². The molecular formula is C18H11Cl2O3. The number of aromatic hydroxyl groups is 1. The second-order valence-corrected chi connectivity index (χ2v) is 6.01. The van der Waals surface area contributed by atoms with E-state index in [0.717, 1.165) is 16.3 Å². The zero-order valence-corrected chi connectivity index (χ0v) is 13.4. The van der Waals surface area contributed by atoms with Crippen molar-refractivity contribution in [2.24, 2.45) is 0 Å². The normalized spacial score (nSPS) is 10.9. The van der Waals surface area contributed by atoms with Gasteiger partial charge >= 0.3 is 0 Å². The lowest BCUT2D eigenvalue weighted by molar-refractivity contribution is 0.112. The van der Waals surface area contributed by atoms with Gasteiger partial charge in [-0.3, -0.25) is 9.90 Å². The van der Waals surface area contributed by atoms with Crippen LogP contribution in [-0.2, 0) is 11.5 Å². The maximum atomic E-state index is 12.2. The van der Waals surface area contributed by atoms with E-state index in [-0.39, 0.29) is 28.3 Å². The first-order valence-corrected chi connectivity index (χ1v) is 7.60. The van der Waals surface area contributed by atoms with Crippen molar-refractivity contribution in [3.63, 3.8) is 0 Å². The molecule has 0 bridgehead atoms. The van der Waals surface area contributed by atoms with Crippen molar-refractivity contribution in [3.05, 3.63) is 69.2 Å². The number of halogens is 2. The van der Waals surface area contributed by atoms with Crippen molar-refractivity contribution in [1.82, 2.24) is 0 Å². The highest BCUT2D eigenvalue weighted by Crippen LogP contribution is 2.38. The van der Waals surface area contributed by atoms with Crippen molar-refractivity contribution in [3.8, 4) is 11.5 Å². The standard InChI is InChI=1S/C18H11Cl2O3/c19-15-3-1-2-11-6-10(4-5-13(11)15)7-14-17(22)12(9-21)8-16(20)18(14)23/h1-6,8-9,22H,7H2. The fraction of sp³-hybridized carbons (Fsp3) is 0.0556. The third-order valence-electron chi connectivity index (χ3n) is 3.73. The molecule has 0 spiro atoms. The highest BCUT2D eigenvalue weighted by molar-refractivity contribution is 6.35. The summed E-state index contributed by atoms with van der Waals surface area (Å²) in [6, 6.07) is 12.3. The molecule has 0 saturated carbocycles. The number of hydrogen-bond acceptors (Lipinski definition) is 2. The van der Waals surface area contributed by atoms with Gasteiger partial charge in [0.25, 0.3) is 0 Å². The molecule has 0 aliphatic carbocycles. The van der Waals surface area contributed by atoms with Gasteiger partial charge in [0.2, 0.25) is 5.75 Å². The first-order chi connectivity index (χ1) is 11.0. The van der Waals surface area contributed by atoms with Gasteiger partial charge < -0.3 is 5.11 Å². The highest BCUT2D eigenvalue weighted by Gasteiger charge is 2.18. The number of aldehydes is 1.